The molecule has 0 radical (unpaired) electrons. The van der Waals surface area contributed by atoms with Crippen molar-refractivity contribution >= 4 is 33.8 Å². The van der Waals surface area contributed by atoms with Crippen LogP contribution in [0.15, 0.2) is 56.3 Å². The van der Waals surface area contributed by atoms with Gasteiger partial charge in [0.1, 0.15) is 17.2 Å². The van der Waals surface area contributed by atoms with Gasteiger partial charge in [0.2, 0.25) is 5.91 Å². The fourth-order valence-corrected chi connectivity index (χ4v) is 4.27. The minimum atomic E-state index is -1.10. The number of amides is 1. The molecule has 1 unspecified atom stereocenters. The predicted molar refractivity (Wildman–Crippen MR) is 125 cm³/mol. The lowest BCUT2D eigenvalue weighted by Gasteiger charge is -2.14. The number of carboxylic acids is 1. The maximum absolute atomic E-state index is 12.7. The third-order valence-electron chi connectivity index (χ3n) is 5.92. The maximum atomic E-state index is 12.7. The zero-order valence-electron chi connectivity index (χ0n) is 18.7. The smallest absolute Gasteiger partial charge is 0.340 e. The van der Waals surface area contributed by atoms with Crippen LogP contribution in [0.25, 0.3) is 33.1 Å². The Labute approximate surface area is 190 Å². The highest BCUT2D eigenvalue weighted by atomic mass is 16.4. The molecule has 2 N–H and O–H groups in total. The minimum absolute atomic E-state index is 0.184. The molecule has 0 spiro atoms. The second-order valence-corrected chi connectivity index (χ2v) is 8.20. The van der Waals surface area contributed by atoms with Crippen LogP contribution >= 0.6 is 0 Å². The average molecular weight is 447 g/mol. The minimum Gasteiger partial charge on any atom is -0.480 e. The van der Waals surface area contributed by atoms with Gasteiger partial charge in [-0.05, 0) is 43.0 Å². The summed E-state index contributed by atoms with van der Waals surface area (Å²) in [6.07, 6.45) is 2.32. The van der Waals surface area contributed by atoms with Gasteiger partial charge >= 0.3 is 11.6 Å². The fraction of sp³-hybridized carbons (Fsp3) is 0.269. The Kier molecular flexibility index (Phi) is 6.05. The van der Waals surface area contributed by atoms with Gasteiger partial charge in [0.05, 0.1) is 23.6 Å². The Bertz CT molecular complexity index is 1410. The molecule has 2 heterocycles. The zero-order valence-corrected chi connectivity index (χ0v) is 18.7. The third-order valence-corrected chi connectivity index (χ3v) is 5.92. The maximum Gasteiger partial charge on any atom is 0.340 e. The van der Waals surface area contributed by atoms with Crippen LogP contribution in [0.1, 0.15) is 36.5 Å². The van der Waals surface area contributed by atoms with Crippen LogP contribution in [0.2, 0.25) is 0 Å². The van der Waals surface area contributed by atoms with Crippen LogP contribution in [-0.4, -0.2) is 23.0 Å². The molecule has 4 rings (SSSR count). The monoisotopic (exact) mass is 447 g/mol. The Balaban J connectivity index is 1.81. The molecule has 33 heavy (non-hydrogen) atoms. The number of aliphatic carboxylic acids is 1. The van der Waals surface area contributed by atoms with Gasteiger partial charge in [0.25, 0.3) is 0 Å². The fourth-order valence-electron chi connectivity index (χ4n) is 4.27. The van der Waals surface area contributed by atoms with Crippen LogP contribution in [-0.2, 0) is 16.0 Å². The molecule has 170 valence electrons. The van der Waals surface area contributed by atoms with Crippen LogP contribution < -0.4 is 10.9 Å². The van der Waals surface area contributed by atoms with E-state index in [4.69, 9.17) is 8.83 Å². The number of aryl methyl sites for hydroxylation is 2. The Hall–Kier alpha value is -3.87. The summed E-state index contributed by atoms with van der Waals surface area (Å²) in [6.45, 7) is 5.52. The number of carbonyl (C=O) groups is 2. The number of fused-ring (bicyclic) bond motifs is 3. The summed E-state index contributed by atoms with van der Waals surface area (Å²) in [5.41, 5.74) is 3.95. The van der Waals surface area contributed by atoms with E-state index in [0.717, 1.165) is 22.1 Å². The SMILES string of the molecule is CCCC(NC(=O)Cc1c(C)c2c(cc(C)c3c(-c4ccccc4)coc32)oc1=O)C(=O)O. The molecule has 0 aliphatic carbocycles. The van der Waals surface area contributed by atoms with Crippen molar-refractivity contribution in [2.45, 2.75) is 46.1 Å². The number of hydrogen-bond donors (Lipinski definition) is 2. The van der Waals surface area contributed by atoms with Gasteiger partial charge in [-0.15, -0.1) is 0 Å². The Morgan fingerprint density at radius 1 is 1.12 bits per heavy atom. The van der Waals surface area contributed by atoms with Crippen molar-refractivity contribution in [3.63, 3.8) is 0 Å². The predicted octanol–water partition coefficient (Wildman–Crippen LogP) is 4.74. The number of rotatable bonds is 7. The first-order valence-electron chi connectivity index (χ1n) is 10.9. The van der Waals surface area contributed by atoms with Crippen LogP contribution in [0, 0.1) is 13.8 Å². The molecule has 1 atom stereocenters. The van der Waals surface area contributed by atoms with E-state index in [9.17, 15) is 19.5 Å². The van der Waals surface area contributed by atoms with Crippen LogP contribution in [0.3, 0.4) is 0 Å². The highest BCUT2D eigenvalue weighted by Gasteiger charge is 2.23. The molecular formula is C26H25NO6. The van der Waals surface area contributed by atoms with Crippen molar-refractivity contribution in [2.24, 2.45) is 0 Å². The summed E-state index contributed by atoms with van der Waals surface area (Å²) in [4.78, 5) is 36.7. The van der Waals surface area contributed by atoms with Crippen LogP contribution in [0.4, 0.5) is 0 Å². The molecule has 4 aromatic rings. The quantitative estimate of drug-likeness (QED) is 0.396. The van der Waals surface area contributed by atoms with Gasteiger partial charge in [-0.1, -0.05) is 43.7 Å². The van der Waals surface area contributed by atoms with Crippen molar-refractivity contribution in [3.8, 4) is 11.1 Å². The normalized spacial score (nSPS) is 12.2. The van der Waals surface area contributed by atoms with Gasteiger partial charge in [0, 0.05) is 10.9 Å². The summed E-state index contributed by atoms with van der Waals surface area (Å²) >= 11 is 0. The second-order valence-electron chi connectivity index (χ2n) is 8.20. The first-order chi connectivity index (χ1) is 15.8. The molecule has 0 aliphatic rings. The molecule has 0 saturated carbocycles. The lowest BCUT2D eigenvalue weighted by atomic mass is 9.96. The van der Waals surface area contributed by atoms with Crippen LogP contribution in [0.5, 0.6) is 0 Å². The topological polar surface area (TPSA) is 110 Å². The lowest BCUT2D eigenvalue weighted by molar-refractivity contribution is -0.141. The van der Waals surface area contributed by atoms with Crippen molar-refractivity contribution in [1.82, 2.24) is 5.32 Å². The number of carboxylic acid groups (broad SMARTS) is 1. The summed E-state index contributed by atoms with van der Waals surface area (Å²) in [5.74, 6) is -1.65. The molecular weight excluding hydrogens is 422 g/mol. The molecule has 2 aromatic carbocycles. The van der Waals surface area contributed by atoms with Gasteiger partial charge in [-0.2, -0.15) is 0 Å². The largest absolute Gasteiger partial charge is 0.480 e. The van der Waals surface area contributed by atoms with Gasteiger partial charge in [-0.25, -0.2) is 9.59 Å². The van der Waals surface area contributed by atoms with Crippen molar-refractivity contribution in [1.29, 1.82) is 0 Å². The zero-order chi connectivity index (χ0) is 23.7. The average Bonchev–Trinajstić information content (AvgIpc) is 3.22. The number of benzene rings is 2. The lowest BCUT2D eigenvalue weighted by Crippen LogP contribution is -2.41. The number of furan rings is 1. The summed E-state index contributed by atoms with van der Waals surface area (Å²) in [5, 5.41) is 13.3. The van der Waals surface area contributed by atoms with Crippen molar-refractivity contribution in [3.05, 3.63) is 69.8 Å². The highest BCUT2D eigenvalue weighted by molar-refractivity contribution is 6.11. The highest BCUT2D eigenvalue weighted by Crippen LogP contribution is 2.38. The molecule has 2 aromatic heterocycles. The number of carbonyl (C=O) groups excluding carboxylic acids is 1. The summed E-state index contributed by atoms with van der Waals surface area (Å²) in [6, 6.07) is 10.7. The summed E-state index contributed by atoms with van der Waals surface area (Å²) < 4.78 is 11.5. The first kappa shape index (κ1) is 22.3. The molecule has 7 heteroatoms. The number of hydrogen-bond acceptors (Lipinski definition) is 5. The van der Waals surface area contributed by atoms with Crippen molar-refractivity contribution < 1.29 is 23.5 Å². The molecule has 0 saturated heterocycles. The standard InChI is InChI=1S/C26H25NO6/c1-4-8-19(25(29)30)27-21(28)12-17-15(3)23-20(33-26(17)31)11-14(2)22-18(13-32-24(22)23)16-9-6-5-7-10-16/h5-7,9-11,13,19H,4,8,12H2,1-3H3,(H,27,28)(H,29,30). The van der Waals surface area contributed by atoms with E-state index < -0.39 is 23.5 Å². The molecule has 7 nitrogen and oxygen atoms in total. The van der Waals surface area contributed by atoms with E-state index in [1.54, 1.807) is 19.3 Å². The Morgan fingerprint density at radius 3 is 2.52 bits per heavy atom. The van der Waals surface area contributed by atoms with E-state index in [2.05, 4.69) is 5.32 Å². The van der Waals surface area contributed by atoms with E-state index in [0.29, 0.717) is 35.0 Å². The van der Waals surface area contributed by atoms with E-state index in [-0.39, 0.29) is 12.0 Å². The van der Waals surface area contributed by atoms with Gasteiger partial charge < -0.3 is 19.3 Å². The molecule has 0 aliphatic heterocycles. The van der Waals surface area contributed by atoms with E-state index in [1.807, 2.05) is 44.2 Å². The Morgan fingerprint density at radius 2 is 1.85 bits per heavy atom. The molecule has 0 fully saturated rings. The van der Waals surface area contributed by atoms with E-state index in [1.165, 1.54) is 0 Å². The molecule has 0 bridgehead atoms. The van der Waals surface area contributed by atoms with E-state index >= 15 is 0 Å². The third kappa shape index (κ3) is 4.14. The first-order valence-corrected chi connectivity index (χ1v) is 10.9. The summed E-state index contributed by atoms with van der Waals surface area (Å²) in [7, 11) is 0. The van der Waals surface area contributed by atoms with Gasteiger partial charge in [0.15, 0.2) is 0 Å². The number of nitrogens with one attached hydrogen (secondary N) is 1. The van der Waals surface area contributed by atoms with Crippen molar-refractivity contribution in [2.75, 3.05) is 0 Å². The molecule has 1 amide bonds. The second kappa shape index (κ2) is 8.94. The van der Waals surface area contributed by atoms with Gasteiger partial charge in [-0.3, -0.25) is 4.79 Å².